The topological polar surface area (TPSA) is 523 Å². The summed E-state index contributed by atoms with van der Waals surface area (Å²) in [6.07, 6.45) is 6.10. The number of Topliss-reactive ketones (excluding diaryl/α,β-unsaturated/α-hetero) is 3. The average molecular weight is 1630 g/mol. The van der Waals surface area contributed by atoms with Crippen LogP contribution in [0.25, 0.3) is 0 Å². The number of hydrogen-bond acceptors (Lipinski definition) is 24. The van der Waals surface area contributed by atoms with Crippen molar-refractivity contribution in [2.75, 3.05) is 24.5 Å². The van der Waals surface area contributed by atoms with Gasteiger partial charge in [0, 0.05) is 70.0 Å². The first kappa shape index (κ1) is 81.3. The molecule has 18 rings (SSSR count). The van der Waals surface area contributed by atoms with E-state index < -0.39 is 114 Å². The molecule has 0 saturated heterocycles. The van der Waals surface area contributed by atoms with Crippen molar-refractivity contribution in [2.24, 2.45) is 23.5 Å². The summed E-state index contributed by atoms with van der Waals surface area (Å²) in [4.78, 5) is 108. The third-order valence-electron chi connectivity index (χ3n) is 23.0. The first-order chi connectivity index (χ1) is 52.8. The number of carboxylic acids is 1. The minimum absolute atomic E-state index is 0. The van der Waals surface area contributed by atoms with Gasteiger partial charge in [-0.3, -0.25) is 44.2 Å². The summed E-state index contributed by atoms with van der Waals surface area (Å²) in [6.45, 7) is 11.0. The Morgan fingerprint density at radius 2 is 0.843 bits per heavy atom. The number of nitrogen functional groups attached to an aromatic ring is 1. The van der Waals surface area contributed by atoms with Crippen molar-refractivity contribution in [3.63, 3.8) is 0 Å². The summed E-state index contributed by atoms with van der Waals surface area (Å²) in [5.41, 5.74) is 9.78. The molecule has 0 bridgehead atoms. The van der Waals surface area contributed by atoms with Crippen LogP contribution in [0.3, 0.4) is 0 Å². The largest absolute Gasteiger partial charge is 0.477 e. The lowest BCUT2D eigenvalue weighted by Gasteiger charge is -2.34. The van der Waals surface area contributed by atoms with Crippen LogP contribution in [0.1, 0.15) is 202 Å². The molecule has 0 radical (unpaired) electrons. The number of ketones is 3. The molecule has 3 aliphatic heterocycles. The van der Waals surface area contributed by atoms with E-state index in [1.54, 1.807) is 61.5 Å². The van der Waals surface area contributed by atoms with Gasteiger partial charge in [0.05, 0.1) is 15.4 Å². The number of carboxylic acid groups (broad SMARTS) is 1. The maximum atomic E-state index is 14.1. The summed E-state index contributed by atoms with van der Waals surface area (Å²) in [7, 11) is -10.6. The first-order valence-electron chi connectivity index (χ1n) is 35.4. The molecule has 9 aliphatic rings. The number of benzene rings is 6. The van der Waals surface area contributed by atoms with E-state index in [1.807, 2.05) is 18.2 Å². The van der Waals surface area contributed by atoms with Crippen LogP contribution in [0.15, 0.2) is 142 Å². The first-order valence-corrected chi connectivity index (χ1v) is 41.1. The van der Waals surface area contributed by atoms with E-state index in [4.69, 9.17) is 30.8 Å². The van der Waals surface area contributed by atoms with Crippen LogP contribution in [-0.4, -0.2) is 124 Å². The zero-order valence-electron chi connectivity index (χ0n) is 61.5. The number of H-pyrrole nitrogens is 3. The van der Waals surface area contributed by atoms with E-state index in [1.165, 1.54) is 62.4 Å². The molecular formula is C80H81N9O23S3. The van der Waals surface area contributed by atoms with Crippen molar-refractivity contribution < 1.29 is 98.5 Å². The van der Waals surface area contributed by atoms with E-state index >= 15 is 0 Å². The van der Waals surface area contributed by atoms with Gasteiger partial charge in [-0.15, -0.1) is 0 Å². The predicted octanol–water partition coefficient (Wildman–Crippen LogP) is 9.31. The van der Waals surface area contributed by atoms with E-state index in [0.29, 0.717) is 63.3 Å². The Balaban J connectivity index is 0.000000140. The average Bonchev–Trinajstić information content (AvgIpc) is 1.51. The lowest BCUT2D eigenvalue weighted by Crippen LogP contribution is -2.60. The number of aromatic amines is 3. The molecule has 6 unspecified atom stereocenters. The highest BCUT2D eigenvalue weighted by Crippen LogP contribution is 2.64. The van der Waals surface area contributed by atoms with Gasteiger partial charge in [-0.1, -0.05) is 108 Å². The van der Waals surface area contributed by atoms with Gasteiger partial charge in [0.25, 0.3) is 40.6 Å². The number of carbonyl (C=O) groups excluding carboxylic acids is 5. The van der Waals surface area contributed by atoms with Gasteiger partial charge in [0.1, 0.15) is 60.5 Å². The van der Waals surface area contributed by atoms with Gasteiger partial charge in [-0.25, -0.2) is 30.0 Å². The fourth-order valence-corrected chi connectivity index (χ4v) is 18.7. The molecule has 9 aromatic rings. The lowest BCUT2D eigenvalue weighted by molar-refractivity contribution is -0.388. The predicted molar refractivity (Wildman–Crippen MR) is 413 cm³/mol. The van der Waals surface area contributed by atoms with Crippen LogP contribution in [0.5, 0.6) is 17.2 Å². The number of amides is 2. The van der Waals surface area contributed by atoms with Gasteiger partial charge >= 0.3 is 5.97 Å². The Kier molecular flexibility index (Phi) is 19.1. The smallest absolute Gasteiger partial charge is 0.352 e. The molecule has 2 amide bonds. The molecule has 602 valence electrons. The number of nitrogens with zero attached hydrogens (tertiary/aromatic N) is 2. The van der Waals surface area contributed by atoms with Crippen molar-refractivity contribution in [2.45, 2.75) is 142 Å². The van der Waals surface area contributed by atoms with Crippen LogP contribution in [-0.2, 0) is 63.5 Å². The number of ether oxygens (including phenoxy) is 3. The van der Waals surface area contributed by atoms with Crippen molar-refractivity contribution in [3.05, 3.63) is 248 Å². The summed E-state index contributed by atoms with van der Waals surface area (Å²) >= 11 is 0. The van der Waals surface area contributed by atoms with Gasteiger partial charge in [0.15, 0.2) is 40.8 Å². The monoisotopic (exact) mass is 1630 g/mol. The molecule has 6 aliphatic carbocycles. The molecule has 115 heavy (non-hydrogen) atoms. The number of fused-ring (bicyclic) bond motifs is 15. The number of hydrogen-bond donors (Lipinski definition) is 11. The molecule has 3 fully saturated rings. The maximum absolute atomic E-state index is 14.1. The van der Waals surface area contributed by atoms with E-state index in [-0.39, 0.29) is 115 Å². The number of nitrogens with two attached hydrogens (primary N) is 2. The molecule has 6 aromatic carbocycles. The minimum Gasteiger partial charge on any atom is -0.477 e. The summed E-state index contributed by atoms with van der Waals surface area (Å²) in [6, 6.07) is 32.4. The number of carbonyl (C=O) groups is 6. The van der Waals surface area contributed by atoms with Crippen molar-refractivity contribution in [3.8, 4) is 17.2 Å². The van der Waals surface area contributed by atoms with Crippen LogP contribution in [0, 0.1) is 58.8 Å². The molecule has 12 atom stereocenters. The second-order valence-electron chi connectivity index (χ2n) is 30.5. The van der Waals surface area contributed by atoms with Gasteiger partial charge in [-0.2, -0.15) is 0 Å². The Labute approximate surface area is 658 Å². The van der Waals surface area contributed by atoms with Gasteiger partial charge in [0.2, 0.25) is 22.6 Å². The number of anilines is 1. The van der Waals surface area contributed by atoms with Crippen LogP contribution in [0.2, 0.25) is 0 Å². The Morgan fingerprint density at radius 1 is 0.496 bits per heavy atom. The Bertz CT molecular complexity index is 6190. The molecule has 0 spiro atoms. The van der Waals surface area contributed by atoms with Crippen molar-refractivity contribution in [1.82, 2.24) is 25.6 Å². The van der Waals surface area contributed by atoms with E-state index in [9.17, 15) is 89.6 Å². The fraction of sp³-hybridized carbons (Fsp3) is 0.325. The molecule has 3 saturated carbocycles. The third-order valence-corrected chi connectivity index (χ3v) is 26.1. The van der Waals surface area contributed by atoms with Crippen molar-refractivity contribution >= 4 is 81.7 Å². The quantitative estimate of drug-likeness (QED) is 0.0291. The highest BCUT2D eigenvalue weighted by molar-refractivity contribution is 7.91. The second-order valence-corrected chi connectivity index (χ2v) is 36.5. The number of aliphatic hydroxyl groups is 3. The van der Waals surface area contributed by atoms with Gasteiger partial charge in [-0.05, 0) is 151 Å². The SMILES string of the molecule is C.C.C[C@@H]1C[C@@H]1c1ccc2c(c1)OC1(O)c3c(cccc3[N+](=O)[O-])C(=O)C21N.Cc1cc(S(C)(=O)=O)[nH]c1C(=O)NC12C(=O)c3c(N)cccc3C1(O)Oc1cc([C@H]3C[C@H]3C)ccc12.Cc1cc(S(C)(=O)=O)[nH]c1C(=O)NC12C(=O)c3cccc([N+](=O)[O-])c3C1(O)Oc1cc([C@H]3C[C@H]3C)ccc12.Cc1cc(S(C)(=O)=O)[nH]c1C(=O)O. The molecule has 13 N–H and O–H groups in total. The van der Waals surface area contributed by atoms with Crippen LogP contribution < -0.4 is 36.3 Å². The summed E-state index contributed by atoms with van der Waals surface area (Å²) in [5, 5.41) is 72.3. The Hall–Kier alpha value is -11.7. The molecule has 35 heteroatoms. The van der Waals surface area contributed by atoms with Crippen LogP contribution >= 0.6 is 0 Å². The highest BCUT2D eigenvalue weighted by Gasteiger charge is 2.76. The number of nitro benzene ring substituents is 2. The number of aromatic nitrogens is 3. The second kappa shape index (κ2) is 27.0. The maximum Gasteiger partial charge on any atom is 0.352 e. The fourth-order valence-electron chi connectivity index (χ4n) is 16.6. The van der Waals surface area contributed by atoms with Crippen LogP contribution in [0.4, 0.5) is 17.1 Å². The zero-order valence-corrected chi connectivity index (χ0v) is 64.0. The Morgan fingerprint density at radius 3 is 1.23 bits per heavy atom. The van der Waals surface area contributed by atoms with E-state index in [2.05, 4.69) is 46.4 Å². The number of sulfone groups is 3. The standard InChI is InChI=1S/C26H23N3O8S.C26H25N3O6S.C19H16N2O5.C7H9NO4S.2CH4/c1-12-9-16(12)14-7-8-17-19(11-14)37-26(32)21-15(5-4-6-18(21)29(33)34)23(30)25(17,26)28-24(31)22-13(2)10-20(27-22)38(3,35)36;1-12-9-15(12)14-7-8-16-19(11-14)35-26(32)17-5-4-6-18(27)21(17)23(30)25(16,26)29-24(31)22-13(2)10-20(28-22)36(3,33)34;1-9-7-12(9)10-5-6-13-15(8-10)26-19(23)16-11(17(22)18(13,19)20)3-2-4-14(16)21(24)25;1-4-3-5(13(2,11)12)8-6(4)7(9)10;;/h4-8,10-12,16,27,32H,9H2,1-3H3,(H,28,31);4-8,10-12,15,28,32H,9,27H2,1-3H3,(H,29,31);2-6,8-9,12,23H,7,20H2,1H3;3,8H,1-2H3,(H,9,10);2*1H4/t12-,16+,25?,26?;12-,15+,25?,26?;9-,12+,18?,19?;;;/m111.../s1. The molecule has 3 aromatic heterocycles. The zero-order chi connectivity index (χ0) is 81.8. The molecular weight excluding hydrogens is 1550 g/mol. The van der Waals surface area contributed by atoms with Crippen molar-refractivity contribution in [1.29, 1.82) is 0 Å². The molecule has 32 nitrogen and oxygen atoms in total. The summed E-state index contributed by atoms with van der Waals surface area (Å²) in [5.74, 6) is -8.60. The number of nitro groups is 2. The number of rotatable bonds is 13. The van der Waals surface area contributed by atoms with E-state index in [0.717, 1.165) is 60.8 Å². The number of nitrogens with one attached hydrogen (secondary N) is 5. The summed E-state index contributed by atoms with van der Waals surface area (Å²) < 4.78 is 88.0. The number of aromatic carboxylic acids is 1. The normalized spacial score (nSPS) is 26.4. The minimum atomic E-state index is -3.68. The lowest BCUT2D eigenvalue weighted by atomic mass is 9.82. The third kappa shape index (κ3) is 12.1. The van der Waals surface area contributed by atoms with Gasteiger partial charge < -0.3 is 71.7 Å². The number of aryl methyl sites for hydroxylation is 3. The molecule has 6 heterocycles. The highest BCUT2D eigenvalue weighted by atomic mass is 32.2.